The van der Waals surface area contributed by atoms with Crippen LogP contribution >= 0.6 is 0 Å². The van der Waals surface area contributed by atoms with Gasteiger partial charge in [-0.1, -0.05) is 26.8 Å². The number of hydrogen-bond donors (Lipinski definition) is 0. The number of benzene rings is 2. The Labute approximate surface area is 138 Å². The van der Waals surface area contributed by atoms with Gasteiger partial charge in [0.1, 0.15) is 0 Å². The summed E-state index contributed by atoms with van der Waals surface area (Å²) < 4.78 is 0. The first-order valence-electron chi connectivity index (χ1n) is 7.48. The molecule has 2 aromatic rings. The van der Waals surface area contributed by atoms with Gasteiger partial charge in [-0.2, -0.15) is 0 Å². The smallest absolute Gasteiger partial charge is 0.268 e. The molecule has 0 atom stereocenters. The molecule has 0 aliphatic carbocycles. The summed E-state index contributed by atoms with van der Waals surface area (Å²) in [5.41, 5.74) is 1.78. The molecule has 6 heteroatoms. The van der Waals surface area contributed by atoms with Gasteiger partial charge < -0.3 is 0 Å². The van der Waals surface area contributed by atoms with Crippen LogP contribution in [0.2, 0.25) is 0 Å². The Morgan fingerprint density at radius 1 is 0.917 bits per heavy atom. The van der Waals surface area contributed by atoms with E-state index in [1.165, 1.54) is 24.3 Å². The summed E-state index contributed by atoms with van der Waals surface area (Å²) in [5.74, 6) is -0.820. The van der Waals surface area contributed by atoms with Gasteiger partial charge in [-0.3, -0.25) is 19.7 Å². The van der Waals surface area contributed by atoms with E-state index in [2.05, 4.69) is 0 Å². The fourth-order valence-corrected chi connectivity index (χ4v) is 2.67. The average molecular weight is 324 g/mol. The van der Waals surface area contributed by atoms with Gasteiger partial charge in [0.05, 0.1) is 21.7 Å². The number of fused-ring (bicyclic) bond motifs is 1. The second kappa shape index (κ2) is 5.26. The first kappa shape index (κ1) is 15.9. The molecule has 2 aromatic carbocycles. The van der Waals surface area contributed by atoms with Crippen molar-refractivity contribution in [3.05, 3.63) is 69.3 Å². The summed E-state index contributed by atoms with van der Waals surface area (Å²) >= 11 is 0. The Morgan fingerprint density at radius 3 is 2.04 bits per heavy atom. The fourth-order valence-electron chi connectivity index (χ4n) is 2.67. The highest BCUT2D eigenvalue weighted by Crippen LogP contribution is 2.32. The normalized spacial score (nSPS) is 14.0. The largest absolute Gasteiger partial charge is 0.269 e. The zero-order valence-corrected chi connectivity index (χ0v) is 13.6. The molecule has 1 aliphatic rings. The van der Waals surface area contributed by atoms with E-state index in [-0.39, 0.29) is 11.1 Å². The summed E-state index contributed by atoms with van der Waals surface area (Å²) in [7, 11) is 0. The van der Waals surface area contributed by atoms with E-state index in [0.717, 1.165) is 10.5 Å². The molecule has 0 saturated heterocycles. The van der Waals surface area contributed by atoms with Crippen molar-refractivity contribution in [1.29, 1.82) is 0 Å². The van der Waals surface area contributed by atoms with E-state index in [9.17, 15) is 19.7 Å². The number of nitro benzene ring substituents is 1. The van der Waals surface area contributed by atoms with Crippen LogP contribution in [0.15, 0.2) is 42.5 Å². The van der Waals surface area contributed by atoms with Crippen LogP contribution < -0.4 is 4.90 Å². The van der Waals surface area contributed by atoms with Gasteiger partial charge in [-0.05, 0) is 35.2 Å². The van der Waals surface area contributed by atoms with Crippen molar-refractivity contribution in [2.75, 3.05) is 4.90 Å². The number of carbonyl (C=O) groups is 2. The first-order valence-corrected chi connectivity index (χ1v) is 7.48. The lowest BCUT2D eigenvalue weighted by Crippen LogP contribution is -2.29. The van der Waals surface area contributed by atoms with Crippen LogP contribution in [0.4, 0.5) is 11.4 Å². The summed E-state index contributed by atoms with van der Waals surface area (Å²) in [4.78, 5) is 36.5. The number of carbonyl (C=O) groups excluding carboxylic acids is 2. The van der Waals surface area contributed by atoms with Gasteiger partial charge in [-0.25, -0.2) is 4.90 Å². The van der Waals surface area contributed by atoms with Crippen molar-refractivity contribution < 1.29 is 14.5 Å². The van der Waals surface area contributed by atoms with Crippen molar-refractivity contribution >= 4 is 23.2 Å². The number of anilines is 1. The van der Waals surface area contributed by atoms with Gasteiger partial charge in [0.15, 0.2) is 0 Å². The zero-order valence-electron chi connectivity index (χ0n) is 13.6. The highest BCUT2D eigenvalue weighted by atomic mass is 16.6. The topological polar surface area (TPSA) is 80.5 Å². The summed E-state index contributed by atoms with van der Waals surface area (Å²) in [6.07, 6.45) is 0. The minimum Gasteiger partial charge on any atom is -0.268 e. The standard InChI is InChI=1S/C18H16N2O4/c1-18(2,3)11-4-9-14-15(10-11)17(22)19(16(14)21)12-5-7-13(8-6-12)20(23)24/h4-10H,1-3H3. The number of nitrogens with zero attached hydrogens (tertiary/aromatic N) is 2. The van der Waals surface area contributed by atoms with E-state index in [4.69, 9.17) is 0 Å². The van der Waals surface area contributed by atoms with Crippen LogP contribution in [-0.4, -0.2) is 16.7 Å². The quantitative estimate of drug-likeness (QED) is 0.479. The third kappa shape index (κ3) is 2.46. The molecule has 2 amide bonds. The minimum atomic E-state index is -0.526. The first-order chi connectivity index (χ1) is 11.2. The van der Waals surface area contributed by atoms with Crippen LogP contribution in [-0.2, 0) is 5.41 Å². The second-order valence-electron chi connectivity index (χ2n) is 6.73. The SMILES string of the molecule is CC(C)(C)c1ccc2c(c1)C(=O)N(c1ccc([N+](=O)[O-])cc1)C2=O. The molecular weight excluding hydrogens is 308 g/mol. The Balaban J connectivity index is 2.02. The molecule has 24 heavy (non-hydrogen) atoms. The molecule has 122 valence electrons. The Hall–Kier alpha value is -3.02. The van der Waals surface area contributed by atoms with Crippen LogP contribution in [0.1, 0.15) is 47.1 Å². The van der Waals surface area contributed by atoms with E-state index < -0.39 is 16.7 Å². The van der Waals surface area contributed by atoms with Gasteiger partial charge in [0.25, 0.3) is 17.5 Å². The van der Waals surface area contributed by atoms with Crippen LogP contribution in [0, 0.1) is 10.1 Å². The molecule has 0 radical (unpaired) electrons. The van der Waals surface area contributed by atoms with Gasteiger partial charge in [0, 0.05) is 12.1 Å². The molecular formula is C18H16N2O4. The predicted octanol–water partition coefficient (Wildman–Crippen LogP) is 3.69. The van der Waals surface area contributed by atoms with Crippen molar-refractivity contribution in [1.82, 2.24) is 0 Å². The Bertz CT molecular complexity index is 864. The molecule has 6 nitrogen and oxygen atoms in total. The van der Waals surface area contributed by atoms with Gasteiger partial charge >= 0.3 is 0 Å². The molecule has 1 heterocycles. The monoisotopic (exact) mass is 324 g/mol. The molecule has 0 aromatic heterocycles. The Morgan fingerprint density at radius 2 is 1.50 bits per heavy atom. The molecule has 0 bridgehead atoms. The highest BCUT2D eigenvalue weighted by Gasteiger charge is 2.37. The van der Waals surface area contributed by atoms with Gasteiger partial charge in [0.2, 0.25) is 0 Å². The number of hydrogen-bond acceptors (Lipinski definition) is 4. The minimum absolute atomic E-state index is 0.0922. The van der Waals surface area contributed by atoms with Crippen LogP contribution in [0.5, 0.6) is 0 Å². The molecule has 0 spiro atoms. The number of rotatable bonds is 2. The van der Waals surface area contributed by atoms with E-state index in [1.54, 1.807) is 12.1 Å². The maximum absolute atomic E-state index is 12.7. The third-order valence-corrected chi connectivity index (χ3v) is 4.07. The third-order valence-electron chi connectivity index (χ3n) is 4.07. The van der Waals surface area contributed by atoms with Crippen molar-refractivity contribution in [3.8, 4) is 0 Å². The van der Waals surface area contributed by atoms with E-state index in [1.807, 2.05) is 26.8 Å². The Kier molecular flexibility index (Phi) is 3.48. The maximum atomic E-state index is 12.7. The lowest BCUT2D eigenvalue weighted by Gasteiger charge is -2.19. The molecule has 0 unspecified atom stereocenters. The van der Waals surface area contributed by atoms with E-state index >= 15 is 0 Å². The summed E-state index contributed by atoms with van der Waals surface area (Å²) in [5, 5.41) is 10.7. The van der Waals surface area contributed by atoms with E-state index in [0.29, 0.717) is 16.8 Å². The van der Waals surface area contributed by atoms with Crippen LogP contribution in [0.3, 0.4) is 0 Å². The molecule has 0 saturated carbocycles. The second-order valence-corrected chi connectivity index (χ2v) is 6.73. The summed E-state index contributed by atoms with van der Waals surface area (Å²) in [6.45, 7) is 6.10. The predicted molar refractivity (Wildman–Crippen MR) is 89.4 cm³/mol. The average Bonchev–Trinajstić information content (AvgIpc) is 2.78. The number of nitro groups is 1. The lowest BCUT2D eigenvalue weighted by atomic mass is 9.85. The number of non-ortho nitro benzene ring substituents is 1. The van der Waals surface area contributed by atoms with Crippen molar-refractivity contribution in [2.24, 2.45) is 0 Å². The molecule has 3 rings (SSSR count). The lowest BCUT2D eigenvalue weighted by molar-refractivity contribution is -0.384. The zero-order chi connectivity index (χ0) is 17.6. The summed E-state index contributed by atoms with van der Waals surface area (Å²) in [6, 6.07) is 10.6. The number of imide groups is 1. The van der Waals surface area contributed by atoms with Crippen molar-refractivity contribution in [3.63, 3.8) is 0 Å². The molecule has 0 fully saturated rings. The highest BCUT2D eigenvalue weighted by molar-refractivity contribution is 6.34. The molecule has 1 aliphatic heterocycles. The fraction of sp³-hybridized carbons (Fsp3) is 0.222. The van der Waals surface area contributed by atoms with Crippen LogP contribution in [0.25, 0.3) is 0 Å². The number of amides is 2. The maximum Gasteiger partial charge on any atom is 0.269 e. The van der Waals surface area contributed by atoms with Gasteiger partial charge in [-0.15, -0.1) is 0 Å². The molecule has 0 N–H and O–H groups in total. The van der Waals surface area contributed by atoms with Crippen molar-refractivity contribution in [2.45, 2.75) is 26.2 Å².